The molecule has 138 valence electrons. The van der Waals surface area contributed by atoms with E-state index in [-0.39, 0.29) is 0 Å². The van der Waals surface area contributed by atoms with Gasteiger partial charge in [0.15, 0.2) is 6.67 Å². The lowest BCUT2D eigenvalue weighted by Crippen LogP contribution is -3.06. The second-order valence-electron chi connectivity index (χ2n) is 5.77. The highest BCUT2D eigenvalue weighted by Crippen LogP contribution is 2.29. The maximum Gasteiger partial charge on any atom is 0.292 e. The Hall–Kier alpha value is -1.87. The number of thiophene rings is 1. The van der Waals surface area contributed by atoms with Gasteiger partial charge in [0.25, 0.3) is 4.84 Å². The van der Waals surface area contributed by atoms with E-state index in [1.54, 1.807) is 36.3 Å². The van der Waals surface area contributed by atoms with Crippen LogP contribution in [0.1, 0.15) is 4.88 Å². The Kier molecular flexibility index (Phi) is 5.98. The van der Waals surface area contributed by atoms with E-state index in [9.17, 15) is 0 Å². The number of hydrogen-bond acceptors (Lipinski definition) is 6. The van der Waals surface area contributed by atoms with Gasteiger partial charge in [0.05, 0.1) is 30.5 Å². The summed E-state index contributed by atoms with van der Waals surface area (Å²) in [6.07, 6.45) is 0. The van der Waals surface area contributed by atoms with Crippen LogP contribution >= 0.6 is 35.2 Å². The largest absolute Gasteiger partial charge is 0.497 e. The molecule has 0 spiro atoms. The highest BCUT2D eigenvalue weighted by molar-refractivity contribution is 7.71. The lowest BCUT2D eigenvalue weighted by atomic mass is 10.2. The normalized spacial score (nSPS) is 12.2. The van der Waals surface area contributed by atoms with Gasteiger partial charge < -0.3 is 18.8 Å². The van der Waals surface area contributed by atoms with Crippen molar-refractivity contribution in [1.29, 1.82) is 0 Å². The lowest BCUT2D eigenvalue weighted by molar-refractivity contribution is -0.917. The highest BCUT2D eigenvalue weighted by Gasteiger charge is 2.14. The smallest absolute Gasteiger partial charge is 0.292 e. The molecule has 6 nitrogen and oxygen atoms in total. The van der Waals surface area contributed by atoms with Gasteiger partial charge in [0, 0.05) is 11.6 Å². The molecule has 1 N–H and O–H groups in total. The summed E-state index contributed by atoms with van der Waals surface area (Å²) in [7, 11) is 5.27. The van der Waals surface area contributed by atoms with E-state index in [0.717, 1.165) is 16.4 Å². The molecule has 26 heavy (non-hydrogen) atoms. The van der Waals surface area contributed by atoms with E-state index in [1.807, 2.05) is 24.3 Å². The van der Waals surface area contributed by atoms with Crippen molar-refractivity contribution < 1.29 is 18.8 Å². The first kappa shape index (κ1) is 18.9. The standard InChI is InChI=1S/C17H18ClN3O3S2/c1-20(9-14-4-5-15(18)26-14)10-21-17(25)24-16(19-21)11-6-12(22-2)8-13(7-11)23-3/h4-8H,9-10H2,1-3H3/p+1. The van der Waals surface area contributed by atoms with E-state index in [0.29, 0.717) is 28.9 Å². The quantitative estimate of drug-likeness (QED) is 0.603. The molecule has 3 rings (SSSR count). The fourth-order valence-electron chi connectivity index (χ4n) is 2.51. The third-order valence-corrected chi connectivity index (χ3v) is 5.25. The molecule has 0 amide bonds. The molecule has 0 saturated carbocycles. The number of methoxy groups -OCH3 is 2. The molecule has 3 aromatic rings. The van der Waals surface area contributed by atoms with Gasteiger partial charge in [0.1, 0.15) is 18.0 Å². The summed E-state index contributed by atoms with van der Waals surface area (Å²) < 4.78 is 18.7. The number of aromatic nitrogens is 2. The van der Waals surface area contributed by atoms with Gasteiger partial charge in [-0.2, -0.15) is 4.68 Å². The molecule has 0 saturated heterocycles. The molecular weight excluding hydrogens is 394 g/mol. The minimum Gasteiger partial charge on any atom is -0.497 e. The molecule has 1 atom stereocenters. The van der Waals surface area contributed by atoms with E-state index in [4.69, 9.17) is 37.7 Å². The van der Waals surface area contributed by atoms with Crippen LogP contribution in [0.2, 0.25) is 4.34 Å². The zero-order valence-electron chi connectivity index (χ0n) is 14.6. The number of halogens is 1. The second-order valence-corrected chi connectivity index (χ2v) is 7.92. The van der Waals surface area contributed by atoms with E-state index in [1.165, 1.54) is 9.78 Å². The lowest BCUT2D eigenvalue weighted by Gasteiger charge is -2.11. The summed E-state index contributed by atoms with van der Waals surface area (Å²) in [5.74, 6) is 1.75. The second kappa shape index (κ2) is 8.22. The van der Waals surface area contributed by atoms with Crippen molar-refractivity contribution in [3.8, 4) is 23.0 Å². The summed E-state index contributed by atoms with van der Waals surface area (Å²) in [5, 5.41) is 4.51. The Balaban J connectivity index is 1.79. The first-order valence-corrected chi connectivity index (χ1v) is 9.45. The number of nitrogens with zero attached hydrogens (tertiary/aromatic N) is 2. The van der Waals surface area contributed by atoms with Crippen molar-refractivity contribution in [3.63, 3.8) is 0 Å². The van der Waals surface area contributed by atoms with Crippen molar-refractivity contribution >= 4 is 35.2 Å². The van der Waals surface area contributed by atoms with Gasteiger partial charge in [-0.25, -0.2) is 0 Å². The highest BCUT2D eigenvalue weighted by atomic mass is 35.5. The molecule has 9 heteroatoms. The molecule has 0 fully saturated rings. The van der Waals surface area contributed by atoms with E-state index < -0.39 is 0 Å². The summed E-state index contributed by atoms with van der Waals surface area (Å²) in [6, 6.07) is 9.39. The molecule has 0 radical (unpaired) electrons. The SMILES string of the molecule is COc1cc(OC)cc(-c2nn(C[NH+](C)Cc3ccc(Cl)s3)c(=S)o2)c1. The van der Waals surface area contributed by atoms with Crippen LogP contribution in [0.5, 0.6) is 11.5 Å². The Bertz CT molecular complexity index is 929. The van der Waals surface area contributed by atoms with Gasteiger partial charge in [-0.15, -0.1) is 16.4 Å². The van der Waals surface area contributed by atoms with Crippen LogP contribution in [0.4, 0.5) is 0 Å². The van der Waals surface area contributed by atoms with Crippen LogP contribution in [-0.4, -0.2) is 31.0 Å². The van der Waals surface area contributed by atoms with Crippen LogP contribution in [0.3, 0.4) is 0 Å². The number of benzene rings is 1. The third kappa shape index (κ3) is 4.45. The average Bonchev–Trinajstić information content (AvgIpc) is 3.20. The van der Waals surface area contributed by atoms with Crippen molar-refractivity contribution in [2.45, 2.75) is 13.2 Å². The summed E-state index contributed by atoms with van der Waals surface area (Å²) in [6.45, 7) is 1.41. The molecule has 2 aromatic heterocycles. The zero-order chi connectivity index (χ0) is 18.7. The Morgan fingerprint density at radius 3 is 2.50 bits per heavy atom. The van der Waals surface area contributed by atoms with Crippen LogP contribution in [0.25, 0.3) is 11.5 Å². The molecule has 1 unspecified atom stereocenters. The molecule has 0 aliphatic heterocycles. The first-order chi connectivity index (χ1) is 12.5. The van der Waals surface area contributed by atoms with Gasteiger partial charge in [0.2, 0.25) is 5.89 Å². The van der Waals surface area contributed by atoms with Gasteiger partial charge >= 0.3 is 0 Å². The van der Waals surface area contributed by atoms with Crippen LogP contribution in [-0.2, 0) is 13.2 Å². The zero-order valence-corrected chi connectivity index (χ0v) is 17.0. The fraction of sp³-hybridized carbons (Fsp3) is 0.294. The average molecular weight is 413 g/mol. The Morgan fingerprint density at radius 2 is 1.92 bits per heavy atom. The minimum absolute atomic E-state index is 0.324. The topological polar surface area (TPSA) is 53.9 Å². The fourth-order valence-corrected chi connectivity index (χ4v) is 3.90. The Labute approximate surface area is 165 Å². The third-order valence-electron chi connectivity index (χ3n) is 3.73. The van der Waals surface area contributed by atoms with E-state index >= 15 is 0 Å². The van der Waals surface area contributed by atoms with Crippen molar-refractivity contribution in [2.75, 3.05) is 21.3 Å². The molecular formula is C17H19ClN3O3S2+. The maximum absolute atomic E-state index is 5.99. The first-order valence-electron chi connectivity index (χ1n) is 7.85. The van der Waals surface area contributed by atoms with Crippen molar-refractivity contribution in [1.82, 2.24) is 9.78 Å². The minimum atomic E-state index is 0.324. The molecule has 0 aliphatic rings. The maximum atomic E-state index is 5.99. The predicted octanol–water partition coefficient (Wildman–Crippen LogP) is 3.28. The van der Waals surface area contributed by atoms with Gasteiger partial charge in [-0.1, -0.05) is 11.6 Å². The molecule has 2 heterocycles. The van der Waals surface area contributed by atoms with Crippen LogP contribution < -0.4 is 14.4 Å². The van der Waals surface area contributed by atoms with Crippen molar-refractivity contribution in [3.05, 3.63) is 44.4 Å². The molecule has 1 aromatic carbocycles. The van der Waals surface area contributed by atoms with E-state index in [2.05, 4.69) is 12.1 Å². The molecule has 0 bridgehead atoms. The number of nitrogens with one attached hydrogen (secondary N) is 1. The van der Waals surface area contributed by atoms with Crippen molar-refractivity contribution in [2.24, 2.45) is 0 Å². The number of hydrogen-bond donors (Lipinski definition) is 1. The molecule has 0 aliphatic carbocycles. The van der Waals surface area contributed by atoms with Crippen LogP contribution in [0.15, 0.2) is 34.7 Å². The Morgan fingerprint density at radius 1 is 1.23 bits per heavy atom. The summed E-state index contributed by atoms with van der Waals surface area (Å²) in [4.78, 5) is 2.74. The number of quaternary nitrogens is 1. The van der Waals surface area contributed by atoms with Gasteiger partial charge in [-0.3, -0.25) is 0 Å². The predicted molar refractivity (Wildman–Crippen MR) is 104 cm³/mol. The van der Waals surface area contributed by atoms with Gasteiger partial charge in [-0.05, 0) is 36.5 Å². The summed E-state index contributed by atoms with van der Waals surface area (Å²) >= 11 is 12.9. The van der Waals surface area contributed by atoms with Crippen LogP contribution in [0, 0.1) is 4.84 Å². The monoisotopic (exact) mass is 412 g/mol. The summed E-state index contributed by atoms with van der Waals surface area (Å²) in [5.41, 5.74) is 0.744. The number of ether oxygens (including phenoxy) is 2. The number of rotatable bonds is 7.